The molecular formula is C13H10NO. The fourth-order valence-electron chi connectivity index (χ4n) is 1.22. The van der Waals surface area contributed by atoms with Crippen LogP contribution in [0.25, 0.3) is 6.08 Å². The summed E-state index contributed by atoms with van der Waals surface area (Å²) in [7, 11) is 0. The normalized spacial score (nSPS) is 9.60. The predicted molar refractivity (Wildman–Crippen MR) is 59.7 cm³/mol. The molecule has 0 amide bonds. The van der Waals surface area contributed by atoms with Crippen molar-refractivity contribution in [3.8, 4) is 11.5 Å². The number of ether oxygens (including phenoxy) is 1. The first-order chi connectivity index (χ1) is 7.40. The molecule has 2 aromatic rings. The third-order valence-electron chi connectivity index (χ3n) is 1.94. The summed E-state index contributed by atoms with van der Waals surface area (Å²) in [5, 5.41) is 0. The second kappa shape index (κ2) is 4.42. The van der Waals surface area contributed by atoms with E-state index in [1.54, 1.807) is 24.5 Å². The third kappa shape index (κ3) is 2.23. The molecule has 0 saturated heterocycles. The molecule has 0 atom stereocenters. The number of rotatable bonds is 3. The van der Waals surface area contributed by atoms with Gasteiger partial charge in [-0.05, 0) is 30.3 Å². The van der Waals surface area contributed by atoms with Crippen molar-refractivity contribution in [3.05, 3.63) is 60.9 Å². The zero-order chi connectivity index (χ0) is 10.5. The van der Waals surface area contributed by atoms with Gasteiger partial charge in [0.15, 0.2) is 0 Å². The molecule has 0 saturated carbocycles. The average Bonchev–Trinajstić information content (AvgIpc) is 2.31. The molecule has 0 bridgehead atoms. The lowest BCUT2D eigenvalue weighted by molar-refractivity contribution is 0.479. The predicted octanol–water partition coefficient (Wildman–Crippen LogP) is 3.32. The minimum Gasteiger partial charge on any atom is -0.455 e. The summed E-state index contributed by atoms with van der Waals surface area (Å²) in [6, 6.07) is 12.1. The van der Waals surface area contributed by atoms with E-state index in [1.165, 1.54) is 0 Å². The van der Waals surface area contributed by atoms with Crippen molar-refractivity contribution in [1.29, 1.82) is 0 Å². The van der Waals surface area contributed by atoms with Gasteiger partial charge >= 0.3 is 0 Å². The van der Waals surface area contributed by atoms with Crippen molar-refractivity contribution in [2.24, 2.45) is 0 Å². The van der Waals surface area contributed by atoms with Gasteiger partial charge in [-0.15, -0.1) is 0 Å². The molecule has 1 aromatic carbocycles. The molecular weight excluding hydrogens is 186 g/mol. The Kier molecular flexibility index (Phi) is 2.79. The van der Waals surface area contributed by atoms with Crippen LogP contribution in [0.15, 0.2) is 49.3 Å². The fourth-order valence-corrected chi connectivity index (χ4v) is 1.22. The summed E-state index contributed by atoms with van der Waals surface area (Å²) in [4.78, 5) is 3.98. The first-order valence-corrected chi connectivity index (χ1v) is 4.60. The first-order valence-electron chi connectivity index (χ1n) is 4.60. The lowest BCUT2D eigenvalue weighted by atomic mass is 10.2. The summed E-state index contributed by atoms with van der Waals surface area (Å²) in [5.41, 5.74) is 0.918. The van der Waals surface area contributed by atoms with Crippen molar-refractivity contribution < 1.29 is 4.74 Å². The van der Waals surface area contributed by atoms with Crippen LogP contribution >= 0.6 is 0 Å². The van der Waals surface area contributed by atoms with Gasteiger partial charge in [0, 0.05) is 11.8 Å². The highest BCUT2D eigenvalue weighted by Gasteiger charge is 2.00. The van der Waals surface area contributed by atoms with Gasteiger partial charge in [-0.2, -0.15) is 0 Å². The molecule has 0 aliphatic carbocycles. The van der Waals surface area contributed by atoms with E-state index in [1.807, 2.05) is 24.3 Å². The van der Waals surface area contributed by atoms with E-state index < -0.39 is 0 Å². The number of benzene rings is 1. The van der Waals surface area contributed by atoms with Crippen molar-refractivity contribution in [3.63, 3.8) is 0 Å². The van der Waals surface area contributed by atoms with Crippen LogP contribution in [-0.2, 0) is 0 Å². The molecule has 1 radical (unpaired) electrons. The van der Waals surface area contributed by atoms with E-state index in [-0.39, 0.29) is 0 Å². The molecule has 73 valence electrons. The monoisotopic (exact) mass is 196 g/mol. The Morgan fingerprint density at radius 2 is 2.33 bits per heavy atom. The maximum atomic E-state index is 5.65. The Morgan fingerprint density at radius 3 is 3.07 bits per heavy atom. The van der Waals surface area contributed by atoms with Crippen LogP contribution in [-0.4, -0.2) is 4.98 Å². The molecule has 0 N–H and O–H groups in total. The van der Waals surface area contributed by atoms with Crippen LogP contribution in [0.4, 0.5) is 0 Å². The highest BCUT2D eigenvalue weighted by molar-refractivity contribution is 5.56. The van der Waals surface area contributed by atoms with Crippen LogP contribution < -0.4 is 4.74 Å². The van der Waals surface area contributed by atoms with E-state index in [0.29, 0.717) is 5.75 Å². The quantitative estimate of drug-likeness (QED) is 0.751. The van der Waals surface area contributed by atoms with Gasteiger partial charge in [-0.3, -0.25) is 4.98 Å². The zero-order valence-corrected chi connectivity index (χ0v) is 8.18. The fraction of sp³-hybridized carbons (Fsp3) is 0. The maximum Gasteiger partial charge on any atom is 0.145 e. The van der Waals surface area contributed by atoms with Gasteiger partial charge in [0.05, 0.1) is 6.20 Å². The minimum absolute atomic E-state index is 0.715. The molecule has 1 aromatic heterocycles. The van der Waals surface area contributed by atoms with Gasteiger partial charge in [-0.1, -0.05) is 18.7 Å². The number of nitrogens with zero attached hydrogens (tertiary/aromatic N) is 1. The highest BCUT2D eigenvalue weighted by Crippen LogP contribution is 2.24. The molecule has 0 aliphatic heterocycles. The van der Waals surface area contributed by atoms with E-state index in [4.69, 9.17) is 4.74 Å². The van der Waals surface area contributed by atoms with Gasteiger partial charge < -0.3 is 4.74 Å². The van der Waals surface area contributed by atoms with Gasteiger partial charge in [0.1, 0.15) is 11.5 Å². The van der Waals surface area contributed by atoms with Crippen LogP contribution in [0.5, 0.6) is 11.5 Å². The minimum atomic E-state index is 0.715. The molecule has 0 unspecified atom stereocenters. The van der Waals surface area contributed by atoms with Crippen molar-refractivity contribution in [2.45, 2.75) is 0 Å². The molecule has 2 rings (SSSR count). The smallest absolute Gasteiger partial charge is 0.145 e. The molecule has 0 spiro atoms. The van der Waals surface area contributed by atoms with Crippen molar-refractivity contribution in [2.75, 3.05) is 0 Å². The van der Waals surface area contributed by atoms with E-state index in [9.17, 15) is 0 Å². The lowest BCUT2D eigenvalue weighted by Gasteiger charge is -2.07. The van der Waals surface area contributed by atoms with Crippen LogP contribution in [0, 0.1) is 6.07 Å². The van der Waals surface area contributed by atoms with Gasteiger partial charge in [-0.25, -0.2) is 0 Å². The Balaban J connectivity index is 2.28. The summed E-state index contributed by atoms with van der Waals surface area (Å²) < 4.78 is 5.65. The Morgan fingerprint density at radius 1 is 1.40 bits per heavy atom. The van der Waals surface area contributed by atoms with E-state index >= 15 is 0 Å². The Bertz CT molecular complexity index is 451. The standard InChI is InChI=1S/C13H10NO/c1-2-11-6-3-4-8-13(11)15-12-7-5-9-14-10-12/h2,4-10H,1H2. The average molecular weight is 196 g/mol. The molecule has 15 heavy (non-hydrogen) atoms. The summed E-state index contributed by atoms with van der Waals surface area (Å²) in [5.74, 6) is 1.48. The number of pyridine rings is 1. The highest BCUT2D eigenvalue weighted by atomic mass is 16.5. The molecule has 0 fully saturated rings. The second-order valence-corrected chi connectivity index (χ2v) is 2.96. The number of hydrogen-bond acceptors (Lipinski definition) is 2. The number of hydrogen-bond donors (Lipinski definition) is 0. The van der Waals surface area contributed by atoms with Crippen LogP contribution in [0.3, 0.4) is 0 Å². The Labute approximate surface area is 88.9 Å². The van der Waals surface area contributed by atoms with Crippen LogP contribution in [0.1, 0.15) is 5.56 Å². The van der Waals surface area contributed by atoms with Gasteiger partial charge in [0.2, 0.25) is 0 Å². The second-order valence-electron chi connectivity index (χ2n) is 2.96. The molecule has 1 heterocycles. The van der Waals surface area contributed by atoms with E-state index in [2.05, 4.69) is 17.6 Å². The number of aromatic nitrogens is 1. The summed E-state index contributed by atoms with van der Waals surface area (Å²) >= 11 is 0. The van der Waals surface area contributed by atoms with Crippen LogP contribution in [0.2, 0.25) is 0 Å². The van der Waals surface area contributed by atoms with Gasteiger partial charge in [0.25, 0.3) is 0 Å². The molecule has 2 heteroatoms. The van der Waals surface area contributed by atoms with Crippen molar-refractivity contribution >= 4 is 6.08 Å². The molecule has 0 aliphatic rings. The SMILES string of the molecule is C=Cc1c[c]ccc1Oc1cccnc1. The third-order valence-corrected chi connectivity index (χ3v) is 1.94. The largest absolute Gasteiger partial charge is 0.455 e. The summed E-state index contributed by atoms with van der Waals surface area (Å²) in [6.45, 7) is 3.72. The van der Waals surface area contributed by atoms with E-state index in [0.717, 1.165) is 11.3 Å². The topological polar surface area (TPSA) is 22.1 Å². The molecule has 2 nitrogen and oxygen atoms in total. The van der Waals surface area contributed by atoms with Crippen molar-refractivity contribution in [1.82, 2.24) is 4.98 Å². The maximum absolute atomic E-state index is 5.65. The lowest BCUT2D eigenvalue weighted by Crippen LogP contribution is -1.87. The zero-order valence-electron chi connectivity index (χ0n) is 8.18. The summed E-state index contributed by atoms with van der Waals surface area (Å²) in [6.07, 6.45) is 5.12. The Hall–Kier alpha value is -2.09. The first kappa shape index (κ1) is 9.46.